The first-order valence-corrected chi connectivity index (χ1v) is 10.1. The number of anilines is 2. The number of likely N-dealkylation sites (N-methyl/N-ethyl adjacent to an activating group) is 1. The Morgan fingerprint density at radius 3 is 2.80 bits per heavy atom. The van der Waals surface area contributed by atoms with E-state index in [1.54, 1.807) is 6.07 Å². The van der Waals surface area contributed by atoms with Crippen molar-refractivity contribution in [2.24, 2.45) is 4.99 Å². The quantitative estimate of drug-likeness (QED) is 0.783. The van der Waals surface area contributed by atoms with Crippen LogP contribution >= 0.6 is 0 Å². The largest absolute Gasteiger partial charge is 0.477 e. The van der Waals surface area contributed by atoms with Crippen molar-refractivity contribution in [3.8, 4) is 5.88 Å². The number of halogens is 1. The van der Waals surface area contributed by atoms with Gasteiger partial charge in [-0.1, -0.05) is 6.08 Å². The zero-order valence-electron chi connectivity index (χ0n) is 17.4. The first-order chi connectivity index (χ1) is 14.4. The summed E-state index contributed by atoms with van der Waals surface area (Å²) in [6.07, 6.45) is 3.32. The van der Waals surface area contributed by atoms with Crippen LogP contribution in [0.15, 0.2) is 23.3 Å². The minimum atomic E-state index is -0.463. The highest BCUT2D eigenvalue weighted by atomic mass is 19.1. The first-order valence-electron chi connectivity index (χ1n) is 10.1. The van der Waals surface area contributed by atoms with Crippen LogP contribution in [0.5, 0.6) is 5.88 Å². The van der Waals surface area contributed by atoms with Crippen molar-refractivity contribution in [2.45, 2.75) is 19.9 Å². The predicted molar refractivity (Wildman–Crippen MR) is 112 cm³/mol. The van der Waals surface area contributed by atoms with Crippen molar-refractivity contribution in [1.82, 2.24) is 14.9 Å². The Bertz CT molecular complexity index is 1080. The third kappa shape index (κ3) is 4.11. The van der Waals surface area contributed by atoms with Crippen LogP contribution in [0.25, 0.3) is 6.08 Å². The molecule has 2 aromatic rings. The summed E-state index contributed by atoms with van der Waals surface area (Å²) >= 11 is 0. The van der Waals surface area contributed by atoms with Crippen molar-refractivity contribution in [2.75, 3.05) is 50.1 Å². The van der Waals surface area contributed by atoms with Crippen LogP contribution in [0, 0.1) is 5.82 Å². The van der Waals surface area contributed by atoms with Crippen molar-refractivity contribution in [3.63, 3.8) is 0 Å². The third-order valence-electron chi connectivity index (χ3n) is 5.16. The topological polar surface area (TPSA) is 83.0 Å². The number of fused-ring (bicyclic) bond motifs is 1. The highest BCUT2D eigenvalue weighted by Crippen LogP contribution is 2.21. The van der Waals surface area contributed by atoms with Crippen molar-refractivity contribution in [3.05, 3.63) is 40.3 Å². The lowest BCUT2D eigenvalue weighted by Crippen LogP contribution is -2.45. The monoisotopic (exact) mass is 412 g/mol. The van der Waals surface area contributed by atoms with E-state index in [2.05, 4.69) is 37.1 Å². The number of carbonyl (C=O) groups is 1. The number of amides is 1. The van der Waals surface area contributed by atoms with Crippen molar-refractivity contribution >= 4 is 23.6 Å². The molecule has 4 rings (SSSR count). The molecule has 0 aliphatic carbocycles. The molecular formula is C21H25FN6O2. The first kappa shape index (κ1) is 20.2. The smallest absolute Gasteiger partial charge is 0.262 e. The lowest BCUT2D eigenvalue weighted by Gasteiger charge is -2.32. The second-order valence-corrected chi connectivity index (χ2v) is 7.50. The minimum absolute atomic E-state index is 0.0828. The van der Waals surface area contributed by atoms with Gasteiger partial charge in [0.1, 0.15) is 10.9 Å². The van der Waals surface area contributed by atoms with E-state index >= 15 is 0 Å². The summed E-state index contributed by atoms with van der Waals surface area (Å²) in [5, 5.41) is 3.73. The van der Waals surface area contributed by atoms with Gasteiger partial charge in [-0.3, -0.25) is 9.79 Å². The minimum Gasteiger partial charge on any atom is -0.477 e. The fourth-order valence-electron chi connectivity index (χ4n) is 3.57. The maximum atomic E-state index is 14.3. The summed E-state index contributed by atoms with van der Waals surface area (Å²) in [5.41, 5.74) is 0.556. The second-order valence-electron chi connectivity index (χ2n) is 7.50. The lowest BCUT2D eigenvalue weighted by atomic mass is 10.2. The van der Waals surface area contributed by atoms with Crippen LogP contribution in [0.1, 0.15) is 24.2 Å². The van der Waals surface area contributed by atoms with E-state index in [1.807, 2.05) is 19.9 Å². The van der Waals surface area contributed by atoms with Gasteiger partial charge in [0, 0.05) is 43.3 Å². The summed E-state index contributed by atoms with van der Waals surface area (Å²) < 4.78 is 20.0. The van der Waals surface area contributed by atoms with Gasteiger partial charge in [0.2, 0.25) is 11.8 Å². The number of hydrogen-bond acceptors (Lipinski definition) is 7. The van der Waals surface area contributed by atoms with Crippen molar-refractivity contribution in [1.29, 1.82) is 0 Å². The molecule has 2 aliphatic heterocycles. The molecule has 1 amide bonds. The Balaban J connectivity index is 1.58. The molecule has 0 saturated carbocycles. The molecule has 1 unspecified atom stereocenters. The number of nitrogens with zero attached hydrogens (tertiary/aromatic N) is 5. The van der Waals surface area contributed by atoms with Gasteiger partial charge in [0.05, 0.1) is 12.6 Å². The summed E-state index contributed by atoms with van der Waals surface area (Å²) in [7, 11) is 2.07. The highest BCUT2D eigenvalue weighted by molar-refractivity contribution is 6.05. The van der Waals surface area contributed by atoms with E-state index in [0.29, 0.717) is 28.8 Å². The van der Waals surface area contributed by atoms with Gasteiger partial charge in [-0.05, 0) is 33.0 Å². The van der Waals surface area contributed by atoms with E-state index in [-0.39, 0.29) is 17.5 Å². The van der Waals surface area contributed by atoms with Crippen LogP contribution in [0.4, 0.5) is 16.0 Å². The van der Waals surface area contributed by atoms with Gasteiger partial charge in [-0.15, -0.1) is 0 Å². The van der Waals surface area contributed by atoms with E-state index in [0.717, 1.165) is 26.2 Å². The van der Waals surface area contributed by atoms with E-state index in [4.69, 9.17) is 4.74 Å². The number of hydrogen-bond donors (Lipinski definition) is 1. The Morgan fingerprint density at radius 2 is 2.07 bits per heavy atom. The molecule has 1 aromatic carbocycles. The molecule has 8 nitrogen and oxygen atoms in total. The Hall–Kier alpha value is -3.07. The highest BCUT2D eigenvalue weighted by Gasteiger charge is 2.21. The summed E-state index contributed by atoms with van der Waals surface area (Å²) in [4.78, 5) is 30.3. The molecule has 2 aliphatic rings. The van der Waals surface area contributed by atoms with Gasteiger partial charge in [0.15, 0.2) is 5.82 Å². The molecule has 0 bridgehead atoms. The number of aromatic nitrogens is 2. The molecule has 1 fully saturated rings. The molecule has 158 valence electrons. The number of rotatable bonds is 5. The van der Waals surface area contributed by atoms with E-state index in [1.165, 1.54) is 12.3 Å². The Kier molecular flexibility index (Phi) is 5.63. The van der Waals surface area contributed by atoms with Gasteiger partial charge in [0.25, 0.3) is 5.91 Å². The number of benzene rings is 1. The van der Waals surface area contributed by atoms with Gasteiger partial charge in [-0.25, -0.2) is 9.37 Å². The number of carbonyl (C=O) groups excluding carboxylic acids is 1. The van der Waals surface area contributed by atoms with Gasteiger partial charge < -0.3 is 19.9 Å². The maximum Gasteiger partial charge on any atom is 0.262 e. The summed E-state index contributed by atoms with van der Waals surface area (Å²) in [5.74, 6) is -0.159. The zero-order valence-corrected chi connectivity index (χ0v) is 17.4. The normalized spacial score (nSPS) is 18.4. The summed E-state index contributed by atoms with van der Waals surface area (Å²) in [6.45, 7) is 7.52. The molecule has 3 heterocycles. The Labute approximate surface area is 174 Å². The summed E-state index contributed by atoms with van der Waals surface area (Å²) in [6, 6.07) is 2.90. The molecule has 0 spiro atoms. The van der Waals surface area contributed by atoms with Crippen LogP contribution in [0.2, 0.25) is 0 Å². The number of piperazine rings is 1. The van der Waals surface area contributed by atoms with Crippen LogP contribution in [0.3, 0.4) is 0 Å². The fraction of sp³-hybridized carbons (Fsp3) is 0.429. The van der Waals surface area contributed by atoms with Gasteiger partial charge >= 0.3 is 0 Å². The average molecular weight is 412 g/mol. The second kappa shape index (κ2) is 8.35. The van der Waals surface area contributed by atoms with Crippen molar-refractivity contribution < 1.29 is 13.9 Å². The van der Waals surface area contributed by atoms with Crippen LogP contribution in [-0.4, -0.2) is 66.7 Å². The molecule has 0 radical (unpaired) electrons. The fourth-order valence-corrected chi connectivity index (χ4v) is 3.57. The van der Waals surface area contributed by atoms with E-state index < -0.39 is 11.7 Å². The molecular weight excluding hydrogens is 387 g/mol. The maximum absolute atomic E-state index is 14.3. The standard InChI is InChI=1S/C21H25FN6O2/c1-4-30-20-16(12-23-21(26-20)28-7-5-27(3)6-8-28)19(29)25-15-10-14-9-13(2)24-18(14)17(22)11-15/h9-13H,4-8H2,1-3H3,(H,25,29). The van der Waals surface area contributed by atoms with Crippen LogP contribution in [-0.2, 0) is 0 Å². The Morgan fingerprint density at radius 1 is 1.30 bits per heavy atom. The number of nitrogens with one attached hydrogen (secondary N) is 1. The van der Waals surface area contributed by atoms with E-state index in [9.17, 15) is 9.18 Å². The molecule has 9 heteroatoms. The molecule has 1 atom stereocenters. The van der Waals surface area contributed by atoms with Gasteiger partial charge in [-0.2, -0.15) is 4.98 Å². The van der Waals surface area contributed by atoms with Crippen LogP contribution < -0.4 is 25.5 Å². The zero-order chi connectivity index (χ0) is 21.3. The SMILES string of the molecule is CCOc1nc(N2CCN(C)CC2)ncc1C(=O)Nc1cc(F)c2c(c1)=CC(C)N=2. The molecule has 1 aromatic heterocycles. The lowest BCUT2D eigenvalue weighted by molar-refractivity contribution is 0.102. The molecule has 1 saturated heterocycles. The predicted octanol–water partition coefficient (Wildman–Crippen LogP) is 0.821. The number of ether oxygens (including phenoxy) is 1. The third-order valence-corrected chi connectivity index (χ3v) is 5.16. The molecule has 1 N–H and O–H groups in total. The average Bonchev–Trinajstić information content (AvgIpc) is 3.09. The molecule has 30 heavy (non-hydrogen) atoms.